The van der Waals surface area contributed by atoms with Crippen LogP contribution in [0.1, 0.15) is 50.5 Å². The fraction of sp³-hybridized carbons (Fsp3) is 0.474. The van der Waals surface area contributed by atoms with E-state index in [1.54, 1.807) is 5.38 Å². The van der Waals surface area contributed by atoms with Crippen molar-refractivity contribution in [2.24, 2.45) is 7.05 Å². The molecule has 2 heterocycles. The molecule has 0 atom stereocenters. The second kappa shape index (κ2) is 7.92. The van der Waals surface area contributed by atoms with Gasteiger partial charge in [0.1, 0.15) is 22.5 Å². The molecule has 8 heteroatoms. The maximum atomic E-state index is 12.7. The third-order valence-corrected chi connectivity index (χ3v) is 5.79. The third kappa shape index (κ3) is 3.47. The number of allylic oxidation sites excluding steroid dienone is 2. The van der Waals surface area contributed by atoms with Gasteiger partial charge in [-0.3, -0.25) is 13.9 Å². The zero-order valence-electron chi connectivity index (χ0n) is 15.6. The average molecular weight is 385 g/mol. The molecule has 0 aromatic carbocycles. The maximum Gasteiger partial charge on any atom is 0.332 e. The van der Waals surface area contributed by atoms with Crippen LogP contribution in [0.4, 0.5) is 5.82 Å². The summed E-state index contributed by atoms with van der Waals surface area (Å²) < 4.78 is 2.46. The van der Waals surface area contributed by atoms with Gasteiger partial charge in [0.05, 0.1) is 11.3 Å². The van der Waals surface area contributed by atoms with E-state index in [0.717, 1.165) is 42.2 Å². The SMILES string of the molecule is CCCn1c(N)c(-c2csc(C(C#N)=C3CCCCC3)n2)c(=O)n(C)c1=O. The van der Waals surface area contributed by atoms with E-state index in [-0.39, 0.29) is 11.4 Å². The molecule has 142 valence electrons. The first kappa shape index (κ1) is 19.1. The van der Waals surface area contributed by atoms with Crippen LogP contribution in [0.25, 0.3) is 16.8 Å². The summed E-state index contributed by atoms with van der Waals surface area (Å²) in [6.07, 6.45) is 5.93. The Balaban J connectivity index is 2.14. The van der Waals surface area contributed by atoms with E-state index < -0.39 is 11.2 Å². The van der Waals surface area contributed by atoms with Gasteiger partial charge < -0.3 is 5.73 Å². The maximum absolute atomic E-state index is 12.7. The van der Waals surface area contributed by atoms with Crippen LogP contribution in [0.2, 0.25) is 0 Å². The van der Waals surface area contributed by atoms with Gasteiger partial charge in [0.15, 0.2) is 0 Å². The number of nitrogens with zero attached hydrogens (tertiary/aromatic N) is 4. The van der Waals surface area contributed by atoms with Gasteiger partial charge in [-0.05, 0) is 37.7 Å². The summed E-state index contributed by atoms with van der Waals surface area (Å²) in [4.78, 5) is 29.6. The second-order valence-electron chi connectivity index (χ2n) is 6.75. The lowest BCUT2D eigenvalue weighted by Gasteiger charge is -2.14. The normalized spacial score (nSPS) is 14.2. The number of nitriles is 1. The smallest absolute Gasteiger partial charge is 0.332 e. The summed E-state index contributed by atoms with van der Waals surface area (Å²) in [5, 5.41) is 12.0. The molecule has 0 aliphatic heterocycles. The summed E-state index contributed by atoms with van der Waals surface area (Å²) in [6.45, 7) is 2.36. The number of thiazole rings is 1. The molecule has 7 nitrogen and oxygen atoms in total. The van der Waals surface area contributed by atoms with Crippen molar-refractivity contribution in [1.29, 1.82) is 5.26 Å². The minimum Gasteiger partial charge on any atom is -0.384 e. The number of aromatic nitrogens is 3. The second-order valence-corrected chi connectivity index (χ2v) is 7.61. The highest BCUT2D eigenvalue weighted by molar-refractivity contribution is 7.11. The molecule has 0 unspecified atom stereocenters. The molecule has 3 rings (SSSR count). The number of nitrogen functional groups attached to an aromatic ring is 1. The number of hydrogen-bond acceptors (Lipinski definition) is 6. The topological polar surface area (TPSA) is 107 Å². The van der Waals surface area contributed by atoms with Crippen molar-refractivity contribution in [3.8, 4) is 17.3 Å². The summed E-state index contributed by atoms with van der Waals surface area (Å²) in [5.74, 6) is 0.130. The summed E-state index contributed by atoms with van der Waals surface area (Å²) in [6, 6.07) is 2.29. The Bertz CT molecular complexity index is 1040. The summed E-state index contributed by atoms with van der Waals surface area (Å²) in [7, 11) is 1.44. The van der Waals surface area contributed by atoms with Crippen molar-refractivity contribution in [3.63, 3.8) is 0 Å². The molecule has 0 amide bonds. The third-order valence-electron chi connectivity index (χ3n) is 4.93. The molecule has 0 bridgehead atoms. The number of nitrogens with two attached hydrogens (primary N) is 1. The Morgan fingerprint density at radius 1 is 1.33 bits per heavy atom. The molecule has 0 saturated heterocycles. The molecule has 2 aromatic heterocycles. The summed E-state index contributed by atoms with van der Waals surface area (Å²) >= 11 is 1.33. The van der Waals surface area contributed by atoms with Crippen molar-refractivity contribution in [2.45, 2.75) is 52.0 Å². The highest BCUT2D eigenvalue weighted by Gasteiger charge is 2.21. The van der Waals surface area contributed by atoms with Crippen molar-refractivity contribution in [1.82, 2.24) is 14.1 Å². The van der Waals surface area contributed by atoms with Crippen LogP contribution in [-0.4, -0.2) is 14.1 Å². The van der Waals surface area contributed by atoms with Crippen LogP contribution < -0.4 is 17.0 Å². The van der Waals surface area contributed by atoms with Gasteiger partial charge in [-0.2, -0.15) is 5.26 Å². The predicted octanol–water partition coefficient (Wildman–Crippen LogP) is 2.90. The Hall–Kier alpha value is -2.66. The molecule has 1 aliphatic rings. The van der Waals surface area contributed by atoms with Crippen LogP contribution in [0.5, 0.6) is 0 Å². The molecule has 2 N–H and O–H groups in total. The van der Waals surface area contributed by atoms with Crippen LogP contribution in [0.3, 0.4) is 0 Å². The molecule has 2 aromatic rings. The van der Waals surface area contributed by atoms with E-state index in [0.29, 0.717) is 22.8 Å². The highest BCUT2D eigenvalue weighted by atomic mass is 32.1. The Morgan fingerprint density at radius 3 is 2.67 bits per heavy atom. The first-order chi connectivity index (χ1) is 13.0. The average Bonchev–Trinajstić information content (AvgIpc) is 3.14. The fourth-order valence-corrected chi connectivity index (χ4v) is 4.33. The fourth-order valence-electron chi connectivity index (χ4n) is 3.47. The van der Waals surface area contributed by atoms with E-state index in [4.69, 9.17) is 5.73 Å². The van der Waals surface area contributed by atoms with Gasteiger partial charge in [-0.25, -0.2) is 9.78 Å². The van der Waals surface area contributed by atoms with Crippen molar-refractivity contribution >= 4 is 22.7 Å². The van der Waals surface area contributed by atoms with Gasteiger partial charge in [0.2, 0.25) is 0 Å². The lowest BCUT2D eigenvalue weighted by atomic mass is 9.91. The van der Waals surface area contributed by atoms with Crippen LogP contribution in [0, 0.1) is 11.3 Å². The Morgan fingerprint density at radius 2 is 2.04 bits per heavy atom. The van der Waals surface area contributed by atoms with Crippen molar-refractivity contribution < 1.29 is 0 Å². The first-order valence-corrected chi connectivity index (χ1v) is 10.0. The molecule has 27 heavy (non-hydrogen) atoms. The van der Waals surface area contributed by atoms with Crippen LogP contribution in [-0.2, 0) is 13.6 Å². The standard InChI is InChI=1S/C19H23N5O2S/c1-3-9-24-16(21)15(18(25)23(2)19(24)26)14-11-27-17(22-14)13(10-20)12-7-5-4-6-8-12/h11H,3-9,21H2,1-2H3. The van der Waals surface area contributed by atoms with Crippen LogP contribution in [0.15, 0.2) is 20.5 Å². The lowest BCUT2D eigenvalue weighted by molar-refractivity contribution is 0.600. The van der Waals surface area contributed by atoms with E-state index in [1.165, 1.54) is 29.4 Å². The van der Waals surface area contributed by atoms with Gasteiger partial charge in [0.25, 0.3) is 5.56 Å². The molecule has 0 spiro atoms. The van der Waals surface area contributed by atoms with Crippen molar-refractivity contribution in [2.75, 3.05) is 5.73 Å². The number of rotatable bonds is 4. The van der Waals surface area contributed by atoms with Gasteiger partial charge in [0, 0.05) is 19.0 Å². The van der Waals surface area contributed by atoms with Gasteiger partial charge >= 0.3 is 5.69 Å². The predicted molar refractivity (Wildman–Crippen MR) is 107 cm³/mol. The molecular weight excluding hydrogens is 362 g/mol. The quantitative estimate of drug-likeness (QED) is 0.814. The summed E-state index contributed by atoms with van der Waals surface area (Å²) in [5.41, 5.74) is 7.67. The Labute approximate surface area is 161 Å². The zero-order valence-corrected chi connectivity index (χ0v) is 16.4. The van der Waals surface area contributed by atoms with Gasteiger partial charge in [-0.15, -0.1) is 11.3 Å². The molecule has 0 radical (unpaired) electrons. The minimum atomic E-state index is -0.467. The molecular formula is C19H23N5O2S. The molecule has 1 fully saturated rings. The van der Waals surface area contributed by atoms with Crippen molar-refractivity contribution in [3.05, 3.63) is 36.8 Å². The van der Waals surface area contributed by atoms with Crippen LogP contribution >= 0.6 is 11.3 Å². The highest BCUT2D eigenvalue weighted by Crippen LogP contribution is 2.33. The molecule has 1 aliphatic carbocycles. The first-order valence-electron chi connectivity index (χ1n) is 9.17. The molecule has 1 saturated carbocycles. The van der Waals surface area contributed by atoms with E-state index in [9.17, 15) is 14.9 Å². The number of hydrogen-bond donors (Lipinski definition) is 1. The lowest BCUT2D eigenvalue weighted by Crippen LogP contribution is -2.40. The van der Waals surface area contributed by atoms with E-state index in [1.807, 2.05) is 6.92 Å². The van der Waals surface area contributed by atoms with Gasteiger partial charge in [-0.1, -0.05) is 13.3 Å². The zero-order chi connectivity index (χ0) is 19.6. The monoisotopic (exact) mass is 385 g/mol. The van der Waals surface area contributed by atoms with E-state index in [2.05, 4.69) is 11.1 Å². The Kier molecular flexibility index (Phi) is 5.61. The van der Waals surface area contributed by atoms with E-state index >= 15 is 0 Å². The number of anilines is 1. The largest absolute Gasteiger partial charge is 0.384 e. The minimum absolute atomic E-state index is 0.130.